The molecule has 9 heteroatoms. The number of H-pyrrole nitrogens is 1. The van der Waals surface area contributed by atoms with Gasteiger partial charge in [0.2, 0.25) is 5.91 Å². The van der Waals surface area contributed by atoms with E-state index in [1.165, 1.54) is 0 Å². The van der Waals surface area contributed by atoms with Crippen molar-refractivity contribution in [1.82, 2.24) is 30.5 Å². The molecule has 0 spiro atoms. The van der Waals surface area contributed by atoms with Crippen molar-refractivity contribution < 1.29 is 9.59 Å². The van der Waals surface area contributed by atoms with E-state index < -0.39 is 0 Å². The summed E-state index contributed by atoms with van der Waals surface area (Å²) in [6.45, 7) is 2.09. The number of anilines is 1. The minimum Gasteiger partial charge on any atom is -0.338 e. The Hall–Kier alpha value is -2.68. The molecule has 3 rings (SSSR count). The predicted molar refractivity (Wildman–Crippen MR) is 98.8 cm³/mol. The number of hydrogen-bond donors (Lipinski definition) is 3. The van der Waals surface area contributed by atoms with Gasteiger partial charge in [-0.3, -0.25) is 4.79 Å². The Balaban J connectivity index is 1.47. The number of carbonyl (C=O) groups is 2. The highest BCUT2D eigenvalue weighted by atomic mass is 16.2. The number of urea groups is 1. The summed E-state index contributed by atoms with van der Waals surface area (Å²) in [6.07, 6.45) is 2.20. The Morgan fingerprint density at radius 3 is 3.04 bits per heavy atom. The van der Waals surface area contributed by atoms with Gasteiger partial charge in [0.25, 0.3) is 0 Å². The Kier molecular flexibility index (Phi) is 5.67. The highest BCUT2D eigenvalue weighted by molar-refractivity contribution is 5.98. The first-order valence-electron chi connectivity index (χ1n) is 8.83. The zero-order valence-corrected chi connectivity index (χ0v) is 15.2. The summed E-state index contributed by atoms with van der Waals surface area (Å²) in [5.74, 6) is 0.207. The van der Waals surface area contributed by atoms with Crippen molar-refractivity contribution in [2.45, 2.75) is 25.3 Å². The van der Waals surface area contributed by atoms with E-state index in [0.29, 0.717) is 29.7 Å². The van der Waals surface area contributed by atoms with Crippen molar-refractivity contribution in [2.75, 3.05) is 39.0 Å². The van der Waals surface area contributed by atoms with Crippen LogP contribution >= 0.6 is 0 Å². The zero-order valence-electron chi connectivity index (χ0n) is 15.2. The van der Waals surface area contributed by atoms with Crippen LogP contribution in [0.3, 0.4) is 0 Å². The Bertz CT molecular complexity index is 773. The van der Waals surface area contributed by atoms with E-state index in [2.05, 4.69) is 30.9 Å². The molecule has 0 radical (unpaired) electrons. The third-order valence-electron chi connectivity index (χ3n) is 4.60. The summed E-state index contributed by atoms with van der Waals surface area (Å²) >= 11 is 0. The molecule has 1 saturated heterocycles. The monoisotopic (exact) mass is 359 g/mol. The maximum atomic E-state index is 12.1. The van der Waals surface area contributed by atoms with Crippen LogP contribution in [0.5, 0.6) is 0 Å². The number of para-hydroxylation sites is 1. The van der Waals surface area contributed by atoms with Crippen LogP contribution < -0.4 is 10.6 Å². The van der Waals surface area contributed by atoms with Gasteiger partial charge in [-0.05, 0) is 39.1 Å². The van der Waals surface area contributed by atoms with Gasteiger partial charge < -0.3 is 20.4 Å². The summed E-state index contributed by atoms with van der Waals surface area (Å²) in [7, 11) is 3.99. The molecule has 1 unspecified atom stereocenters. The maximum Gasteiger partial charge on any atom is 0.319 e. The lowest BCUT2D eigenvalue weighted by atomic mass is 10.1. The van der Waals surface area contributed by atoms with Gasteiger partial charge in [0.15, 0.2) is 0 Å². The fraction of sp³-hybridized carbons (Fsp3) is 0.529. The fourth-order valence-corrected chi connectivity index (χ4v) is 3.20. The van der Waals surface area contributed by atoms with Crippen molar-refractivity contribution in [1.29, 1.82) is 0 Å². The second-order valence-electron chi connectivity index (χ2n) is 6.75. The zero-order chi connectivity index (χ0) is 18.5. The van der Waals surface area contributed by atoms with Gasteiger partial charge in [0, 0.05) is 32.1 Å². The first-order valence-corrected chi connectivity index (χ1v) is 8.83. The number of likely N-dealkylation sites (N-methyl/N-ethyl adjacent to an activating group) is 1. The standard InChI is InChI=1S/C17H25N7O2/c1-23(2)10-11-24-12(6-7-15(24)25)8-9-18-17(26)19-13-4-3-5-14-16(13)21-22-20-14/h3-5,12H,6-11H2,1-2H3,(H2,18,19,26)(H,20,21,22). The van der Waals surface area contributed by atoms with Crippen LogP contribution in [0.2, 0.25) is 0 Å². The largest absolute Gasteiger partial charge is 0.338 e. The van der Waals surface area contributed by atoms with Gasteiger partial charge in [-0.2, -0.15) is 15.4 Å². The van der Waals surface area contributed by atoms with Gasteiger partial charge in [0.05, 0.1) is 5.69 Å². The van der Waals surface area contributed by atoms with Crippen LogP contribution in [0.1, 0.15) is 19.3 Å². The molecule has 2 aromatic rings. The van der Waals surface area contributed by atoms with Gasteiger partial charge in [-0.15, -0.1) is 0 Å². The first-order chi connectivity index (χ1) is 12.5. The minimum atomic E-state index is -0.287. The Morgan fingerprint density at radius 2 is 2.23 bits per heavy atom. The number of benzene rings is 1. The molecule has 9 nitrogen and oxygen atoms in total. The number of likely N-dealkylation sites (tertiary alicyclic amines) is 1. The predicted octanol–water partition coefficient (Wildman–Crippen LogP) is 1.02. The van der Waals surface area contributed by atoms with Gasteiger partial charge in [-0.1, -0.05) is 6.07 Å². The lowest BCUT2D eigenvalue weighted by molar-refractivity contribution is -0.129. The molecule has 1 aromatic carbocycles. The summed E-state index contributed by atoms with van der Waals surface area (Å²) in [4.78, 5) is 28.2. The number of aromatic nitrogens is 3. The van der Waals surface area contributed by atoms with Crippen LogP contribution in [-0.4, -0.2) is 76.9 Å². The van der Waals surface area contributed by atoms with Gasteiger partial charge in [-0.25, -0.2) is 4.79 Å². The molecular weight excluding hydrogens is 334 g/mol. The summed E-state index contributed by atoms with van der Waals surface area (Å²) in [6, 6.07) is 5.32. The molecule has 0 aliphatic carbocycles. The molecule has 1 aliphatic rings. The number of fused-ring (bicyclic) bond motifs is 1. The minimum absolute atomic E-state index is 0.196. The first kappa shape index (κ1) is 18.1. The number of nitrogens with one attached hydrogen (secondary N) is 3. The molecule has 3 N–H and O–H groups in total. The van der Waals surface area contributed by atoms with Crippen LogP contribution in [-0.2, 0) is 4.79 Å². The smallest absolute Gasteiger partial charge is 0.319 e. The molecule has 0 bridgehead atoms. The topological polar surface area (TPSA) is 106 Å². The molecule has 1 atom stereocenters. The third-order valence-corrected chi connectivity index (χ3v) is 4.60. The highest BCUT2D eigenvalue weighted by Crippen LogP contribution is 2.21. The van der Waals surface area contributed by atoms with E-state index in [1.54, 1.807) is 6.07 Å². The summed E-state index contributed by atoms with van der Waals surface area (Å²) in [5.41, 5.74) is 1.93. The van der Waals surface area contributed by atoms with E-state index in [4.69, 9.17) is 0 Å². The van der Waals surface area contributed by atoms with Crippen molar-refractivity contribution in [3.05, 3.63) is 18.2 Å². The number of rotatable bonds is 7. The van der Waals surface area contributed by atoms with Gasteiger partial charge in [0.1, 0.15) is 11.0 Å². The average Bonchev–Trinajstić information content (AvgIpc) is 3.21. The van der Waals surface area contributed by atoms with E-state index in [1.807, 2.05) is 31.1 Å². The molecule has 2 heterocycles. The van der Waals surface area contributed by atoms with E-state index in [-0.39, 0.29) is 18.0 Å². The lowest BCUT2D eigenvalue weighted by Crippen LogP contribution is -2.40. The van der Waals surface area contributed by atoms with Crippen molar-refractivity contribution >= 4 is 28.7 Å². The van der Waals surface area contributed by atoms with Gasteiger partial charge >= 0.3 is 6.03 Å². The van der Waals surface area contributed by atoms with Crippen molar-refractivity contribution in [3.8, 4) is 0 Å². The third kappa shape index (κ3) is 4.29. The average molecular weight is 359 g/mol. The van der Waals surface area contributed by atoms with Crippen molar-refractivity contribution in [2.24, 2.45) is 0 Å². The summed E-state index contributed by atoms with van der Waals surface area (Å²) in [5, 5.41) is 16.2. The number of carbonyl (C=O) groups excluding carboxylic acids is 2. The highest BCUT2D eigenvalue weighted by Gasteiger charge is 2.30. The van der Waals surface area contributed by atoms with Crippen LogP contribution in [0.15, 0.2) is 18.2 Å². The van der Waals surface area contributed by atoms with E-state index in [0.717, 1.165) is 25.9 Å². The van der Waals surface area contributed by atoms with Crippen molar-refractivity contribution in [3.63, 3.8) is 0 Å². The quantitative estimate of drug-likeness (QED) is 0.684. The SMILES string of the molecule is CN(C)CCN1C(=O)CCC1CCNC(=O)Nc1cccc2n[nH]nc12. The molecule has 0 saturated carbocycles. The normalized spacial score (nSPS) is 17.3. The second kappa shape index (κ2) is 8.13. The Labute approximate surface area is 152 Å². The van der Waals surface area contributed by atoms with E-state index in [9.17, 15) is 9.59 Å². The Morgan fingerprint density at radius 1 is 1.38 bits per heavy atom. The summed E-state index contributed by atoms with van der Waals surface area (Å²) < 4.78 is 0. The lowest BCUT2D eigenvalue weighted by Gasteiger charge is -2.26. The van der Waals surface area contributed by atoms with Crippen LogP contribution in [0.4, 0.5) is 10.5 Å². The number of hydrogen-bond acceptors (Lipinski definition) is 5. The second-order valence-corrected chi connectivity index (χ2v) is 6.75. The molecular formula is C17H25N7O2. The molecule has 1 aliphatic heterocycles. The van der Waals surface area contributed by atoms with E-state index >= 15 is 0 Å². The number of amides is 3. The molecule has 1 aromatic heterocycles. The van der Waals surface area contributed by atoms with Crippen LogP contribution in [0.25, 0.3) is 11.0 Å². The molecule has 26 heavy (non-hydrogen) atoms. The maximum absolute atomic E-state index is 12.1. The number of nitrogens with zero attached hydrogens (tertiary/aromatic N) is 4. The molecule has 140 valence electrons. The van der Waals surface area contributed by atoms with Crippen LogP contribution in [0, 0.1) is 0 Å². The molecule has 1 fully saturated rings. The fourth-order valence-electron chi connectivity index (χ4n) is 3.20. The molecule has 3 amide bonds. The number of aromatic amines is 1.